The SMILES string of the molecule is Cc1cc(C)c2cc(C(=O)N(C)C(C)c3ccc(S(C)(=O)=O)cc3)[nH]c2c1. The summed E-state index contributed by atoms with van der Waals surface area (Å²) in [5, 5.41) is 1.04. The number of nitrogens with one attached hydrogen (secondary N) is 1. The van der Waals surface area contributed by atoms with E-state index in [1.54, 1.807) is 36.2 Å². The molecule has 1 amide bonds. The minimum Gasteiger partial charge on any atom is -0.351 e. The number of hydrogen-bond acceptors (Lipinski definition) is 3. The lowest BCUT2D eigenvalue weighted by Gasteiger charge is -2.25. The number of rotatable bonds is 4. The molecule has 1 aromatic heterocycles. The number of carbonyl (C=O) groups is 1. The molecule has 3 rings (SSSR count). The van der Waals surface area contributed by atoms with Gasteiger partial charge in [0, 0.05) is 24.2 Å². The number of nitrogens with zero attached hydrogens (tertiary/aromatic N) is 1. The van der Waals surface area contributed by atoms with Crippen LogP contribution in [0, 0.1) is 13.8 Å². The second kappa shape index (κ2) is 6.85. The first kappa shape index (κ1) is 19.2. The molecule has 0 fully saturated rings. The first-order chi connectivity index (χ1) is 12.6. The minimum absolute atomic E-state index is 0.108. The fourth-order valence-corrected chi connectivity index (χ4v) is 3.93. The third-order valence-corrected chi connectivity index (χ3v) is 6.14. The number of carbonyl (C=O) groups excluding carboxylic acids is 1. The zero-order valence-electron chi connectivity index (χ0n) is 16.2. The monoisotopic (exact) mass is 384 g/mol. The molecule has 142 valence electrons. The number of sulfone groups is 1. The van der Waals surface area contributed by atoms with E-state index in [0.29, 0.717) is 5.69 Å². The van der Waals surface area contributed by atoms with E-state index in [-0.39, 0.29) is 16.8 Å². The van der Waals surface area contributed by atoms with E-state index in [1.165, 1.54) is 6.26 Å². The molecule has 1 unspecified atom stereocenters. The highest BCUT2D eigenvalue weighted by atomic mass is 32.2. The van der Waals surface area contributed by atoms with E-state index in [9.17, 15) is 13.2 Å². The number of fused-ring (bicyclic) bond motifs is 1. The fraction of sp³-hybridized carbons (Fsp3) is 0.286. The Morgan fingerprint density at radius 3 is 2.30 bits per heavy atom. The second-order valence-corrected chi connectivity index (χ2v) is 9.18. The zero-order valence-corrected chi connectivity index (χ0v) is 17.0. The Balaban J connectivity index is 1.87. The molecule has 0 radical (unpaired) electrons. The lowest BCUT2D eigenvalue weighted by Crippen LogP contribution is -2.29. The van der Waals surface area contributed by atoms with Gasteiger partial charge in [-0.2, -0.15) is 0 Å². The average molecular weight is 385 g/mol. The minimum atomic E-state index is -3.23. The van der Waals surface area contributed by atoms with Crippen molar-refractivity contribution in [3.05, 3.63) is 64.8 Å². The van der Waals surface area contributed by atoms with Crippen molar-refractivity contribution in [2.24, 2.45) is 0 Å². The number of aromatic amines is 1. The third-order valence-electron chi connectivity index (χ3n) is 5.01. The molecule has 2 aromatic carbocycles. The van der Waals surface area contributed by atoms with Crippen molar-refractivity contribution in [2.45, 2.75) is 31.7 Å². The van der Waals surface area contributed by atoms with Crippen LogP contribution in [0.1, 0.15) is 40.1 Å². The largest absolute Gasteiger partial charge is 0.351 e. The Bertz CT molecular complexity index is 1110. The molecule has 0 spiro atoms. The first-order valence-electron chi connectivity index (χ1n) is 8.75. The van der Waals surface area contributed by atoms with Crippen LogP contribution in [0.2, 0.25) is 0 Å². The summed E-state index contributed by atoms with van der Waals surface area (Å²) in [5.74, 6) is -0.108. The van der Waals surface area contributed by atoms with Crippen molar-refractivity contribution in [1.82, 2.24) is 9.88 Å². The Morgan fingerprint density at radius 2 is 1.70 bits per heavy atom. The Kier molecular flexibility index (Phi) is 4.86. The van der Waals surface area contributed by atoms with Gasteiger partial charge in [-0.1, -0.05) is 18.2 Å². The smallest absolute Gasteiger partial charge is 0.270 e. The molecule has 0 saturated heterocycles. The molecular weight excluding hydrogens is 360 g/mol. The molecule has 0 bridgehead atoms. The zero-order chi connectivity index (χ0) is 19.9. The van der Waals surface area contributed by atoms with Gasteiger partial charge in [0.2, 0.25) is 0 Å². The van der Waals surface area contributed by atoms with Gasteiger partial charge >= 0.3 is 0 Å². The van der Waals surface area contributed by atoms with Gasteiger partial charge in [-0.3, -0.25) is 4.79 Å². The third kappa shape index (κ3) is 3.76. The van der Waals surface area contributed by atoms with E-state index in [2.05, 4.69) is 11.1 Å². The average Bonchev–Trinajstić information content (AvgIpc) is 3.03. The number of amides is 1. The van der Waals surface area contributed by atoms with Crippen molar-refractivity contribution in [3.63, 3.8) is 0 Å². The van der Waals surface area contributed by atoms with Crippen LogP contribution >= 0.6 is 0 Å². The molecule has 0 aliphatic heterocycles. The predicted octanol–water partition coefficient (Wildman–Crippen LogP) is 4.02. The molecule has 27 heavy (non-hydrogen) atoms. The van der Waals surface area contributed by atoms with Gasteiger partial charge in [0.1, 0.15) is 5.69 Å². The fourth-order valence-electron chi connectivity index (χ4n) is 3.30. The topological polar surface area (TPSA) is 70.2 Å². The number of H-pyrrole nitrogens is 1. The van der Waals surface area contributed by atoms with Gasteiger partial charge in [0.25, 0.3) is 5.91 Å². The lowest BCUT2D eigenvalue weighted by molar-refractivity contribution is 0.0737. The molecule has 5 nitrogen and oxygen atoms in total. The molecule has 0 saturated carbocycles. The summed E-state index contributed by atoms with van der Waals surface area (Å²) in [6.45, 7) is 5.99. The molecule has 1 heterocycles. The van der Waals surface area contributed by atoms with Crippen LogP contribution in [0.25, 0.3) is 10.9 Å². The van der Waals surface area contributed by atoms with Crippen LogP contribution in [0.5, 0.6) is 0 Å². The molecule has 0 aliphatic carbocycles. The Morgan fingerprint density at radius 1 is 1.07 bits per heavy atom. The highest BCUT2D eigenvalue weighted by Crippen LogP contribution is 2.25. The van der Waals surface area contributed by atoms with Crippen LogP contribution in [-0.2, 0) is 9.84 Å². The number of benzene rings is 2. The van der Waals surface area contributed by atoms with E-state index in [4.69, 9.17) is 0 Å². The maximum Gasteiger partial charge on any atom is 0.270 e. The van der Waals surface area contributed by atoms with Crippen LogP contribution in [0.3, 0.4) is 0 Å². The standard InChI is InChI=1S/C21H24N2O3S/c1-13-10-14(2)18-12-20(22-19(18)11-13)21(24)23(4)15(3)16-6-8-17(9-7-16)27(5,25)26/h6-12,15,22H,1-5H3. The van der Waals surface area contributed by atoms with E-state index < -0.39 is 9.84 Å². The quantitative estimate of drug-likeness (QED) is 0.738. The second-order valence-electron chi connectivity index (χ2n) is 7.16. The summed E-state index contributed by atoms with van der Waals surface area (Å²) in [6, 6.07) is 12.5. The van der Waals surface area contributed by atoms with Crippen LogP contribution in [-0.4, -0.2) is 37.5 Å². The Hall–Kier alpha value is -2.60. The van der Waals surface area contributed by atoms with Gasteiger partial charge in [-0.15, -0.1) is 0 Å². The normalized spacial score (nSPS) is 12.9. The molecule has 1 N–H and O–H groups in total. The summed E-state index contributed by atoms with van der Waals surface area (Å²) in [6.07, 6.45) is 1.18. The van der Waals surface area contributed by atoms with Crippen molar-refractivity contribution < 1.29 is 13.2 Å². The van der Waals surface area contributed by atoms with Gasteiger partial charge < -0.3 is 9.88 Å². The van der Waals surface area contributed by atoms with Crippen molar-refractivity contribution in [2.75, 3.05) is 13.3 Å². The van der Waals surface area contributed by atoms with Gasteiger partial charge in [-0.25, -0.2) is 8.42 Å². The van der Waals surface area contributed by atoms with Gasteiger partial charge in [0.15, 0.2) is 9.84 Å². The van der Waals surface area contributed by atoms with E-state index >= 15 is 0 Å². The molecule has 0 aliphatic rings. The highest BCUT2D eigenvalue weighted by Gasteiger charge is 2.21. The van der Waals surface area contributed by atoms with Crippen LogP contribution < -0.4 is 0 Å². The molecule has 6 heteroatoms. The highest BCUT2D eigenvalue weighted by molar-refractivity contribution is 7.90. The molecule has 3 aromatic rings. The van der Waals surface area contributed by atoms with Crippen LogP contribution in [0.4, 0.5) is 0 Å². The molecular formula is C21H24N2O3S. The summed E-state index contributed by atoms with van der Waals surface area (Å²) < 4.78 is 23.2. The Labute approximate surface area is 159 Å². The number of hydrogen-bond donors (Lipinski definition) is 1. The predicted molar refractivity (Wildman–Crippen MR) is 108 cm³/mol. The molecule has 1 atom stereocenters. The summed E-state index contributed by atoms with van der Waals surface area (Å²) in [5.41, 5.74) is 4.65. The maximum atomic E-state index is 13.0. The lowest BCUT2D eigenvalue weighted by atomic mass is 10.1. The van der Waals surface area contributed by atoms with E-state index in [1.807, 2.05) is 32.9 Å². The number of aryl methyl sites for hydroxylation is 2. The summed E-state index contributed by atoms with van der Waals surface area (Å²) in [4.78, 5) is 18.1. The van der Waals surface area contributed by atoms with Crippen molar-refractivity contribution in [1.29, 1.82) is 0 Å². The van der Waals surface area contributed by atoms with Gasteiger partial charge in [0.05, 0.1) is 10.9 Å². The van der Waals surface area contributed by atoms with Crippen LogP contribution in [0.15, 0.2) is 47.4 Å². The maximum absolute atomic E-state index is 13.0. The van der Waals surface area contributed by atoms with Crippen molar-refractivity contribution >= 4 is 26.6 Å². The number of aromatic nitrogens is 1. The summed E-state index contributed by atoms with van der Waals surface area (Å²) >= 11 is 0. The van der Waals surface area contributed by atoms with Gasteiger partial charge in [-0.05, 0) is 61.7 Å². The van der Waals surface area contributed by atoms with Crippen molar-refractivity contribution in [3.8, 4) is 0 Å². The summed E-state index contributed by atoms with van der Waals surface area (Å²) in [7, 11) is -1.48. The van der Waals surface area contributed by atoms with E-state index in [0.717, 1.165) is 27.6 Å². The first-order valence-corrected chi connectivity index (χ1v) is 10.6.